The van der Waals surface area contributed by atoms with Gasteiger partial charge >= 0.3 is 0 Å². The number of nitrogens with zero attached hydrogens (tertiary/aromatic N) is 2. The molecule has 0 saturated heterocycles. The number of benzene rings is 1. The number of ether oxygens (including phenoxy) is 4. The molecule has 1 N–H and O–H groups in total. The van der Waals surface area contributed by atoms with Gasteiger partial charge < -0.3 is 24.3 Å². The van der Waals surface area contributed by atoms with E-state index in [1.165, 1.54) is 4.68 Å². The molecule has 2 rings (SSSR count). The van der Waals surface area contributed by atoms with Crippen LogP contribution in [0.4, 0.5) is 5.69 Å². The molecule has 0 amide bonds. The Kier molecular flexibility index (Phi) is 10.1. The van der Waals surface area contributed by atoms with Gasteiger partial charge in [0.15, 0.2) is 11.5 Å². The van der Waals surface area contributed by atoms with Crippen LogP contribution in [0.2, 0.25) is 30.7 Å². The Morgan fingerprint density at radius 2 is 1.88 bits per heavy atom. The Hall–Kier alpha value is -2.23. The highest BCUT2D eigenvalue weighted by molar-refractivity contribution is 6.76. The number of halogens is 1. The van der Waals surface area contributed by atoms with Gasteiger partial charge in [-0.15, -0.1) is 5.10 Å². The van der Waals surface area contributed by atoms with Crippen LogP contribution in [0.15, 0.2) is 23.0 Å². The molecule has 8 nitrogen and oxygen atoms in total. The van der Waals surface area contributed by atoms with Gasteiger partial charge in [0.05, 0.1) is 20.3 Å². The van der Waals surface area contributed by atoms with Crippen LogP contribution in [0, 0.1) is 0 Å². The van der Waals surface area contributed by atoms with E-state index in [1.807, 2.05) is 32.0 Å². The molecule has 10 heteroatoms. The van der Waals surface area contributed by atoms with E-state index < -0.39 is 13.6 Å². The molecular weight excluding hydrogens is 462 g/mol. The maximum Gasteiger partial charge on any atom is 0.290 e. The molecule has 1 unspecified atom stereocenters. The standard InChI is InChI=1S/C23H36ClN3O5Si/c1-8-16(2)32-22-21(25-14-17-9-10-18(29-3)19(13-17)30-4)20(24)23(28)27(26-22)15-31-11-12-33(5,6)7/h9-10,13,16,25H,8,11-12,14-15H2,1-7H3. The third-order valence-electron chi connectivity index (χ3n) is 5.08. The summed E-state index contributed by atoms with van der Waals surface area (Å²) < 4.78 is 23.6. The monoisotopic (exact) mass is 497 g/mol. The Morgan fingerprint density at radius 1 is 1.18 bits per heavy atom. The molecule has 1 heterocycles. The number of nitrogens with one attached hydrogen (secondary N) is 1. The number of aromatic nitrogens is 2. The van der Waals surface area contributed by atoms with E-state index in [4.69, 9.17) is 30.5 Å². The smallest absolute Gasteiger partial charge is 0.290 e. The summed E-state index contributed by atoms with van der Waals surface area (Å²) in [6.07, 6.45) is 0.675. The van der Waals surface area contributed by atoms with E-state index in [1.54, 1.807) is 14.2 Å². The van der Waals surface area contributed by atoms with E-state index in [0.717, 1.165) is 18.0 Å². The zero-order valence-corrected chi connectivity index (χ0v) is 22.4. The summed E-state index contributed by atoms with van der Waals surface area (Å²) in [7, 11) is 1.94. The summed E-state index contributed by atoms with van der Waals surface area (Å²) in [6.45, 7) is 11.7. The average molecular weight is 498 g/mol. The third-order valence-corrected chi connectivity index (χ3v) is 7.14. The van der Waals surface area contributed by atoms with Crippen molar-refractivity contribution in [2.24, 2.45) is 0 Å². The minimum atomic E-state index is -1.23. The number of methoxy groups -OCH3 is 2. The molecule has 0 aliphatic carbocycles. The first-order valence-electron chi connectivity index (χ1n) is 11.1. The summed E-state index contributed by atoms with van der Waals surface area (Å²) in [5, 5.41) is 7.62. The zero-order valence-electron chi connectivity index (χ0n) is 20.7. The van der Waals surface area contributed by atoms with Gasteiger partial charge in [0.2, 0.25) is 0 Å². The summed E-state index contributed by atoms with van der Waals surface area (Å²) >= 11 is 6.48. The lowest BCUT2D eigenvalue weighted by Crippen LogP contribution is -2.29. The highest BCUT2D eigenvalue weighted by Crippen LogP contribution is 2.31. The molecule has 33 heavy (non-hydrogen) atoms. The van der Waals surface area contributed by atoms with Gasteiger partial charge in [0, 0.05) is 21.2 Å². The molecule has 1 aromatic carbocycles. The van der Waals surface area contributed by atoms with E-state index in [9.17, 15) is 4.79 Å². The third kappa shape index (κ3) is 7.94. The molecular formula is C23H36ClN3O5Si. The van der Waals surface area contributed by atoms with Crippen LogP contribution >= 0.6 is 11.6 Å². The first kappa shape index (κ1) is 27.0. The predicted molar refractivity (Wildman–Crippen MR) is 135 cm³/mol. The SMILES string of the molecule is CCC(C)Oc1nn(COCC[Si](C)(C)C)c(=O)c(Cl)c1NCc1ccc(OC)c(OC)c1. The van der Waals surface area contributed by atoms with Gasteiger partial charge in [-0.3, -0.25) is 4.79 Å². The average Bonchev–Trinajstić information content (AvgIpc) is 2.78. The molecule has 1 aromatic heterocycles. The molecule has 0 spiro atoms. The largest absolute Gasteiger partial charge is 0.493 e. The van der Waals surface area contributed by atoms with Crippen LogP contribution in [-0.4, -0.2) is 44.8 Å². The number of rotatable bonds is 13. The molecule has 1 atom stereocenters. The first-order chi connectivity index (χ1) is 15.6. The molecule has 0 saturated carbocycles. The number of hydrogen-bond acceptors (Lipinski definition) is 7. The molecule has 0 radical (unpaired) electrons. The van der Waals surface area contributed by atoms with E-state index in [2.05, 4.69) is 30.1 Å². The van der Waals surface area contributed by atoms with Crippen LogP contribution in [0.3, 0.4) is 0 Å². The maximum atomic E-state index is 12.8. The first-order valence-corrected chi connectivity index (χ1v) is 15.2. The van der Waals surface area contributed by atoms with Crippen LogP contribution < -0.4 is 25.1 Å². The second-order valence-electron chi connectivity index (χ2n) is 9.03. The van der Waals surface area contributed by atoms with Crippen LogP contribution in [0.1, 0.15) is 25.8 Å². The van der Waals surface area contributed by atoms with Crippen LogP contribution in [0.25, 0.3) is 0 Å². The van der Waals surface area contributed by atoms with Crippen molar-refractivity contribution in [1.82, 2.24) is 9.78 Å². The highest BCUT2D eigenvalue weighted by Gasteiger charge is 2.20. The molecule has 0 fully saturated rings. The summed E-state index contributed by atoms with van der Waals surface area (Å²) in [5.74, 6) is 1.52. The van der Waals surface area contributed by atoms with Crippen molar-refractivity contribution in [3.05, 3.63) is 39.1 Å². The lowest BCUT2D eigenvalue weighted by atomic mass is 10.2. The molecule has 0 aliphatic rings. The zero-order chi connectivity index (χ0) is 24.6. The van der Waals surface area contributed by atoms with E-state index in [-0.39, 0.29) is 23.7 Å². The Bertz CT molecular complexity index is 978. The minimum Gasteiger partial charge on any atom is -0.493 e. The van der Waals surface area contributed by atoms with Crippen LogP contribution in [0.5, 0.6) is 17.4 Å². The van der Waals surface area contributed by atoms with Gasteiger partial charge in [0.1, 0.15) is 17.4 Å². The van der Waals surface area contributed by atoms with Crippen molar-refractivity contribution in [2.45, 2.75) is 65.3 Å². The van der Waals surface area contributed by atoms with E-state index in [0.29, 0.717) is 30.3 Å². The quantitative estimate of drug-likeness (QED) is 0.307. The summed E-state index contributed by atoms with van der Waals surface area (Å²) in [5.41, 5.74) is 0.836. The second kappa shape index (κ2) is 12.3. The Morgan fingerprint density at radius 3 is 2.48 bits per heavy atom. The Balaban J connectivity index is 2.27. The van der Waals surface area contributed by atoms with Gasteiger partial charge in [-0.25, -0.2) is 0 Å². The topological polar surface area (TPSA) is 83.8 Å². The molecule has 184 valence electrons. The fraction of sp³-hybridized carbons (Fsp3) is 0.565. The Labute approximate surface area is 202 Å². The number of anilines is 1. The lowest BCUT2D eigenvalue weighted by molar-refractivity contribution is 0.0720. The van der Waals surface area contributed by atoms with E-state index >= 15 is 0 Å². The van der Waals surface area contributed by atoms with Crippen LogP contribution in [-0.2, 0) is 18.0 Å². The minimum absolute atomic E-state index is 0.0116. The van der Waals surface area contributed by atoms with Crippen molar-refractivity contribution in [2.75, 3.05) is 26.1 Å². The molecule has 0 aliphatic heterocycles. The van der Waals surface area contributed by atoms with Gasteiger partial charge in [-0.2, -0.15) is 4.68 Å². The summed E-state index contributed by atoms with van der Waals surface area (Å²) in [4.78, 5) is 12.8. The lowest BCUT2D eigenvalue weighted by Gasteiger charge is -2.19. The van der Waals surface area contributed by atoms with Gasteiger partial charge in [-0.1, -0.05) is 44.2 Å². The van der Waals surface area contributed by atoms with Crippen molar-refractivity contribution < 1.29 is 18.9 Å². The molecule has 2 aromatic rings. The van der Waals surface area contributed by atoms with Crippen molar-refractivity contribution in [1.29, 1.82) is 0 Å². The fourth-order valence-corrected chi connectivity index (χ4v) is 3.83. The van der Waals surface area contributed by atoms with Gasteiger partial charge in [0.25, 0.3) is 11.4 Å². The maximum absolute atomic E-state index is 12.8. The fourth-order valence-electron chi connectivity index (χ4n) is 2.83. The number of hydrogen-bond donors (Lipinski definition) is 1. The van der Waals surface area contributed by atoms with Gasteiger partial charge in [-0.05, 0) is 37.1 Å². The second-order valence-corrected chi connectivity index (χ2v) is 15.0. The molecule has 0 bridgehead atoms. The van der Waals surface area contributed by atoms with Crippen molar-refractivity contribution >= 4 is 25.4 Å². The van der Waals surface area contributed by atoms with Crippen molar-refractivity contribution in [3.8, 4) is 17.4 Å². The normalized spacial score (nSPS) is 12.4. The van der Waals surface area contributed by atoms with Crippen molar-refractivity contribution in [3.63, 3.8) is 0 Å². The predicted octanol–water partition coefficient (Wildman–Crippen LogP) is 5.02. The highest BCUT2D eigenvalue weighted by atomic mass is 35.5. The summed E-state index contributed by atoms with van der Waals surface area (Å²) in [6, 6.07) is 6.58.